The standard InChI is InChI=1S/C27H27N3O2S2/c1-3-29-22-9-5-4-8-20(22)24(28-14-6-7-15-28)21(25(29)31)16-23-26(32)30(27(33)34-23)17-19-12-10-18(2)11-13-19/h4-5,8-13,16H,3,6-7,14-15,17H2,1-2H3. The van der Waals surface area contributed by atoms with Crippen molar-refractivity contribution in [3.05, 3.63) is 80.5 Å². The normalized spacial score (nSPS) is 17.5. The van der Waals surface area contributed by atoms with Crippen molar-refractivity contribution in [1.29, 1.82) is 0 Å². The molecule has 2 aliphatic rings. The predicted octanol–water partition coefficient (Wildman–Crippen LogP) is 5.33. The Morgan fingerprint density at radius 2 is 1.74 bits per heavy atom. The van der Waals surface area contributed by atoms with E-state index >= 15 is 0 Å². The predicted molar refractivity (Wildman–Crippen MR) is 145 cm³/mol. The Hall–Kier alpha value is -2.90. The summed E-state index contributed by atoms with van der Waals surface area (Å²) in [7, 11) is 0. The molecule has 0 saturated carbocycles. The highest BCUT2D eigenvalue weighted by molar-refractivity contribution is 8.26. The number of carbonyl (C=O) groups is 1. The average molecular weight is 490 g/mol. The van der Waals surface area contributed by atoms with Gasteiger partial charge in [-0.15, -0.1) is 0 Å². The van der Waals surface area contributed by atoms with Gasteiger partial charge in [0.05, 0.1) is 28.2 Å². The number of fused-ring (bicyclic) bond motifs is 1. The van der Waals surface area contributed by atoms with Crippen LogP contribution >= 0.6 is 24.0 Å². The molecule has 0 spiro atoms. The van der Waals surface area contributed by atoms with Crippen LogP contribution in [0, 0.1) is 6.92 Å². The van der Waals surface area contributed by atoms with Gasteiger partial charge in [-0.25, -0.2) is 0 Å². The molecule has 1 amide bonds. The summed E-state index contributed by atoms with van der Waals surface area (Å²) in [5.74, 6) is -0.140. The number of carbonyl (C=O) groups excluding carboxylic acids is 1. The van der Waals surface area contributed by atoms with Crippen molar-refractivity contribution in [1.82, 2.24) is 9.47 Å². The molecule has 0 unspecified atom stereocenters. The number of hydrogen-bond donors (Lipinski definition) is 0. The first kappa shape index (κ1) is 22.9. The van der Waals surface area contributed by atoms with Gasteiger partial charge >= 0.3 is 0 Å². The van der Waals surface area contributed by atoms with Crippen molar-refractivity contribution >= 4 is 56.9 Å². The van der Waals surface area contributed by atoms with E-state index in [0.717, 1.165) is 48.1 Å². The fraction of sp³-hybridized carbons (Fsp3) is 0.296. The molecule has 5 rings (SSSR count). The fourth-order valence-corrected chi connectivity index (χ4v) is 6.02. The lowest BCUT2D eigenvalue weighted by atomic mass is 10.1. The number of aryl methyl sites for hydroxylation is 2. The number of thiocarbonyl (C=S) groups is 1. The highest BCUT2D eigenvalue weighted by atomic mass is 32.2. The van der Waals surface area contributed by atoms with E-state index in [1.165, 1.54) is 17.3 Å². The summed E-state index contributed by atoms with van der Waals surface area (Å²) in [5, 5.41) is 1.05. The molecule has 0 N–H and O–H groups in total. The Balaban J connectivity index is 1.61. The van der Waals surface area contributed by atoms with Crippen LogP contribution in [0.4, 0.5) is 5.69 Å². The number of para-hydroxylation sites is 1. The number of thioether (sulfide) groups is 1. The summed E-state index contributed by atoms with van der Waals surface area (Å²) in [5.41, 5.74) is 4.59. The van der Waals surface area contributed by atoms with Crippen LogP contribution in [0.3, 0.4) is 0 Å². The Bertz CT molecular complexity index is 1370. The van der Waals surface area contributed by atoms with Crippen molar-refractivity contribution in [2.45, 2.75) is 39.8 Å². The monoisotopic (exact) mass is 489 g/mol. The highest BCUT2D eigenvalue weighted by Gasteiger charge is 2.33. The second-order valence-electron chi connectivity index (χ2n) is 8.78. The number of anilines is 1. The maximum atomic E-state index is 13.7. The summed E-state index contributed by atoms with van der Waals surface area (Å²) in [6.07, 6.45) is 3.98. The van der Waals surface area contributed by atoms with E-state index < -0.39 is 0 Å². The van der Waals surface area contributed by atoms with E-state index in [2.05, 4.69) is 11.0 Å². The molecule has 0 bridgehead atoms. The molecular weight excluding hydrogens is 462 g/mol. The molecule has 2 aromatic carbocycles. The van der Waals surface area contributed by atoms with Crippen LogP contribution in [0.2, 0.25) is 0 Å². The minimum Gasteiger partial charge on any atom is -0.370 e. The molecule has 2 fully saturated rings. The topological polar surface area (TPSA) is 45.6 Å². The first-order chi connectivity index (χ1) is 16.5. The van der Waals surface area contributed by atoms with Crippen molar-refractivity contribution in [2.24, 2.45) is 0 Å². The van der Waals surface area contributed by atoms with Crippen LogP contribution in [0.5, 0.6) is 0 Å². The van der Waals surface area contributed by atoms with Crippen LogP contribution in [0.1, 0.15) is 36.5 Å². The van der Waals surface area contributed by atoms with Crippen LogP contribution in [-0.2, 0) is 17.9 Å². The zero-order chi connectivity index (χ0) is 23.8. The maximum Gasteiger partial charge on any atom is 0.266 e. The largest absolute Gasteiger partial charge is 0.370 e. The summed E-state index contributed by atoms with van der Waals surface area (Å²) < 4.78 is 2.32. The smallest absolute Gasteiger partial charge is 0.266 e. The molecule has 3 aromatic rings. The zero-order valence-corrected chi connectivity index (χ0v) is 21.0. The van der Waals surface area contributed by atoms with Gasteiger partial charge in [0.2, 0.25) is 0 Å². The van der Waals surface area contributed by atoms with Crippen molar-refractivity contribution in [3.63, 3.8) is 0 Å². The van der Waals surface area contributed by atoms with E-state index in [4.69, 9.17) is 12.2 Å². The summed E-state index contributed by atoms with van der Waals surface area (Å²) in [6.45, 7) is 6.83. The quantitative estimate of drug-likeness (QED) is 0.358. The third-order valence-electron chi connectivity index (χ3n) is 6.53. The van der Waals surface area contributed by atoms with Gasteiger partial charge in [0, 0.05) is 25.0 Å². The van der Waals surface area contributed by atoms with Crippen molar-refractivity contribution in [2.75, 3.05) is 18.0 Å². The number of hydrogen-bond acceptors (Lipinski definition) is 5. The van der Waals surface area contributed by atoms with Gasteiger partial charge in [0.15, 0.2) is 0 Å². The van der Waals surface area contributed by atoms with E-state index in [1.807, 2.05) is 56.3 Å². The molecule has 7 heteroatoms. The van der Waals surface area contributed by atoms with Crippen molar-refractivity contribution < 1.29 is 4.79 Å². The number of aromatic nitrogens is 1. The Morgan fingerprint density at radius 3 is 2.44 bits per heavy atom. The first-order valence-corrected chi connectivity index (χ1v) is 12.9. The van der Waals surface area contributed by atoms with Crippen molar-refractivity contribution in [3.8, 4) is 0 Å². The first-order valence-electron chi connectivity index (χ1n) is 11.7. The van der Waals surface area contributed by atoms with Gasteiger partial charge in [-0.1, -0.05) is 72.0 Å². The van der Waals surface area contributed by atoms with Crippen LogP contribution in [0.25, 0.3) is 17.0 Å². The molecule has 2 aliphatic heterocycles. The van der Waals surface area contributed by atoms with Crippen LogP contribution < -0.4 is 10.5 Å². The molecular formula is C27H27N3O2S2. The minimum absolute atomic E-state index is 0.0631. The molecule has 5 nitrogen and oxygen atoms in total. The van der Waals surface area contributed by atoms with Gasteiger partial charge in [0.25, 0.3) is 11.5 Å². The zero-order valence-electron chi connectivity index (χ0n) is 19.4. The van der Waals surface area contributed by atoms with Gasteiger partial charge in [-0.2, -0.15) is 0 Å². The summed E-state index contributed by atoms with van der Waals surface area (Å²) >= 11 is 6.85. The maximum absolute atomic E-state index is 13.7. The number of amides is 1. The second-order valence-corrected chi connectivity index (χ2v) is 10.5. The van der Waals surface area contributed by atoms with E-state index in [0.29, 0.717) is 27.9 Å². The molecule has 174 valence electrons. The van der Waals surface area contributed by atoms with Gasteiger partial charge in [-0.3, -0.25) is 14.5 Å². The Kier molecular flexibility index (Phi) is 6.32. The lowest BCUT2D eigenvalue weighted by Gasteiger charge is -2.24. The average Bonchev–Trinajstić information content (AvgIpc) is 3.45. The van der Waals surface area contributed by atoms with Crippen LogP contribution in [0.15, 0.2) is 58.2 Å². The highest BCUT2D eigenvalue weighted by Crippen LogP contribution is 2.37. The SMILES string of the molecule is CCn1c(=O)c(C=C2SC(=S)N(Cc3ccc(C)cc3)C2=O)c(N2CCCC2)c2ccccc21. The molecule has 0 atom stereocenters. The third-order valence-corrected chi connectivity index (χ3v) is 7.91. The molecule has 0 aliphatic carbocycles. The fourth-order valence-electron chi connectivity index (χ4n) is 4.78. The Labute approximate surface area is 209 Å². The summed E-state index contributed by atoms with van der Waals surface area (Å²) in [4.78, 5) is 31.5. The van der Waals surface area contributed by atoms with Crippen LogP contribution in [-0.4, -0.2) is 32.8 Å². The summed E-state index contributed by atoms with van der Waals surface area (Å²) in [6, 6.07) is 16.2. The molecule has 0 radical (unpaired) electrons. The van der Waals surface area contributed by atoms with Gasteiger partial charge in [-0.05, 0) is 44.4 Å². The Morgan fingerprint density at radius 1 is 1.03 bits per heavy atom. The molecule has 34 heavy (non-hydrogen) atoms. The van der Waals surface area contributed by atoms with Gasteiger partial charge in [0.1, 0.15) is 4.32 Å². The van der Waals surface area contributed by atoms with E-state index in [1.54, 1.807) is 15.5 Å². The number of benzene rings is 2. The number of pyridine rings is 1. The van der Waals surface area contributed by atoms with Gasteiger partial charge < -0.3 is 9.47 Å². The number of nitrogens with zero attached hydrogens (tertiary/aromatic N) is 3. The molecule has 1 aromatic heterocycles. The lowest BCUT2D eigenvalue weighted by molar-refractivity contribution is -0.122. The molecule has 3 heterocycles. The number of rotatable bonds is 5. The minimum atomic E-state index is -0.140. The van der Waals surface area contributed by atoms with E-state index in [9.17, 15) is 9.59 Å². The van der Waals surface area contributed by atoms with E-state index in [-0.39, 0.29) is 11.5 Å². The lowest BCUT2D eigenvalue weighted by Crippen LogP contribution is -2.29. The third kappa shape index (κ3) is 4.07. The molecule has 2 saturated heterocycles. The second kappa shape index (κ2) is 9.39.